The van der Waals surface area contributed by atoms with Crippen LogP contribution in [0.15, 0.2) is 60.7 Å². The van der Waals surface area contributed by atoms with Crippen LogP contribution in [0.1, 0.15) is 12.5 Å². The second-order valence-electron chi connectivity index (χ2n) is 7.11. The van der Waals surface area contributed by atoms with Crippen LogP contribution >= 0.6 is 0 Å². The van der Waals surface area contributed by atoms with E-state index in [1.54, 1.807) is 0 Å². The average Bonchev–Trinajstić information content (AvgIpc) is 2.74. The minimum absolute atomic E-state index is 0.101. The van der Waals surface area contributed by atoms with Gasteiger partial charge in [0.2, 0.25) is 11.8 Å². The molecule has 0 bridgehead atoms. The van der Waals surface area contributed by atoms with Crippen molar-refractivity contribution < 1.29 is 9.59 Å². The lowest BCUT2D eigenvalue weighted by atomic mass is 10.2. The number of carbonyl (C=O) groups excluding carboxylic acids is 2. The number of anilines is 2. The van der Waals surface area contributed by atoms with E-state index in [0.717, 1.165) is 44.1 Å². The van der Waals surface area contributed by atoms with Crippen LogP contribution in [0.2, 0.25) is 0 Å². The zero-order chi connectivity index (χ0) is 20.5. The van der Waals surface area contributed by atoms with Crippen molar-refractivity contribution in [2.45, 2.75) is 6.92 Å². The Balaban J connectivity index is 1.37. The fourth-order valence-electron chi connectivity index (χ4n) is 3.25. The summed E-state index contributed by atoms with van der Waals surface area (Å²) in [6.45, 7) is 5.92. The summed E-state index contributed by atoms with van der Waals surface area (Å²) in [6, 6.07) is 17.6. The lowest BCUT2D eigenvalue weighted by Gasteiger charge is -2.34. The van der Waals surface area contributed by atoms with Gasteiger partial charge in [-0.15, -0.1) is 0 Å². The van der Waals surface area contributed by atoms with Gasteiger partial charge in [0.25, 0.3) is 0 Å². The lowest BCUT2D eigenvalue weighted by Crippen LogP contribution is -2.50. The van der Waals surface area contributed by atoms with Crippen molar-refractivity contribution in [2.75, 3.05) is 49.9 Å². The molecule has 2 aromatic rings. The van der Waals surface area contributed by atoms with Gasteiger partial charge in [-0.2, -0.15) is 0 Å². The Morgan fingerprint density at radius 1 is 0.931 bits per heavy atom. The van der Waals surface area contributed by atoms with Crippen LogP contribution in [0.4, 0.5) is 11.4 Å². The third kappa shape index (κ3) is 6.76. The lowest BCUT2D eigenvalue weighted by molar-refractivity contribution is -0.130. The molecule has 2 N–H and O–H groups in total. The van der Waals surface area contributed by atoms with Gasteiger partial charge in [-0.3, -0.25) is 14.5 Å². The molecule has 6 nitrogen and oxygen atoms in total. The van der Waals surface area contributed by atoms with E-state index in [9.17, 15) is 9.59 Å². The van der Waals surface area contributed by atoms with Crippen molar-refractivity contribution in [1.29, 1.82) is 0 Å². The molecule has 1 fully saturated rings. The molecule has 1 heterocycles. The molecule has 6 heteroatoms. The molecule has 0 spiro atoms. The fourth-order valence-corrected chi connectivity index (χ4v) is 3.25. The smallest absolute Gasteiger partial charge is 0.241 e. The molecule has 0 radical (unpaired) electrons. The monoisotopic (exact) mass is 392 g/mol. The van der Waals surface area contributed by atoms with Crippen molar-refractivity contribution in [1.82, 2.24) is 9.80 Å². The highest BCUT2D eigenvalue weighted by molar-refractivity contribution is 5.89. The van der Waals surface area contributed by atoms with Crippen LogP contribution in [0.5, 0.6) is 0 Å². The standard InChI is InChI=1S/C23H28N4O2/c1-19(28)25-22-11-9-21(10-12-22)24-18-23(29)27-16-14-26(15-17-27)13-5-8-20-6-3-2-4-7-20/h2-12,24H,13-18H2,1H3,(H,25,28)/b8-5+. The molecular weight excluding hydrogens is 364 g/mol. The Labute approximate surface area is 172 Å². The first kappa shape index (κ1) is 20.6. The molecule has 1 aliphatic heterocycles. The Morgan fingerprint density at radius 3 is 2.24 bits per heavy atom. The second-order valence-corrected chi connectivity index (χ2v) is 7.11. The van der Waals surface area contributed by atoms with Gasteiger partial charge in [-0.25, -0.2) is 0 Å². The van der Waals surface area contributed by atoms with Gasteiger partial charge in [0, 0.05) is 51.0 Å². The summed E-state index contributed by atoms with van der Waals surface area (Å²) in [4.78, 5) is 27.8. The van der Waals surface area contributed by atoms with Crippen molar-refractivity contribution in [2.24, 2.45) is 0 Å². The molecule has 0 unspecified atom stereocenters. The van der Waals surface area contributed by atoms with Crippen LogP contribution < -0.4 is 10.6 Å². The number of amides is 2. The van der Waals surface area contributed by atoms with Gasteiger partial charge in [0.1, 0.15) is 0 Å². The molecule has 1 saturated heterocycles. The number of rotatable bonds is 7. The highest BCUT2D eigenvalue weighted by Crippen LogP contribution is 2.13. The molecule has 2 amide bonds. The highest BCUT2D eigenvalue weighted by Gasteiger charge is 2.20. The molecular formula is C23H28N4O2. The maximum atomic E-state index is 12.5. The van der Waals surface area contributed by atoms with Crippen molar-refractivity contribution >= 4 is 29.3 Å². The van der Waals surface area contributed by atoms with E-state index < -0.39 is 0 Å². The van der Waals surface area contributed by atoms with Crippen LogP contribution in [0, 0.1) is 0 Å². The summed E-state index contributed by atoms with van der Waals surface area (Å²) in [6.07, 6.45) is 4.32. The van der Waals surface area contributed by atoms with Crippen LogP contribution in [0.25, 0.3) is 6.08 Å². The van der Waals surface area contributed by atoms with E-state index in [1.165, 1.54) is 12.5 Å². The predicted octanol–water partition coefficient (Wildman–Crippen LogP) is 2.91. The van der Waals surface area contributed by atoms with Crippen LogP contribution in [-0.2, 0) is 9.59 Å². The van der Waals surface area contributed by atoms with E-state index in [1.807, 2.05) is 47.4 Å². The summed E-state index contributed by atoms with van der Waals surface area (Å²) in [5.74, 6) is 0.00556. The van der Waals surface area contributed by atoms with Crippen LogP contribution in [-0.4, -0.2) is 60.9 Å². The minimum Gasteiger partial charge on any atom is -0.376 e. The third-order valence-corrected chi connectivity index (χ3v) is 4.85. The van der Waals surface area contributed by atoms with Crippen molar-refractivity contribution in [3.05, 3.63) is 66.2 Å². The number of piperazine rings is 1. The number of nitrogens with zero attached hydrogens (tertiary/aromatic N) is 2. The zero-order valence-corrected chi connectivity index (χ0v) is 16.8. The van der Waals surface area contributed by atoms with Crippen LogP contribution in [0.3, 0.4) is 0 Å². The highest BCUT2D eigenvalue weighted by atomic mass is 16.2. The molecule has 0 saturated carbocycles. The molecule has 0 atom stereocenters. The maximum absolute atomic E-state index is 12.5. The predicted molar refractivity (Wildman–Crippen MR) is 118 cm³/mol. The SMILES string of the molecule is CC(=O)Nc1ccc(NCC(=O)N2CCN(C/C=C/c3ccccc3)CC2)cc1. The van der Waals surface area contributed by atoms with E-state index in [0.29, 0.717) is 0 Å². The fraction of sp³-hybridized carbons (Fsp3) is 0.304. The Hall–Kier alpha value is -3.12. The number of hydrogen-bond donors (Lipinski definition) is 2. The Bertz CT molecular complexity index is 826. The largest absolute Gasteiger partial charge is 0.376 e. The van der Waals surface area contributed by atoms with Gasteiger partial charge in [-0.05, 0) is 29.8 Å². The molecule has 2 aromatic carbocycles. The summed E-state index contributed by atoms with van der Waals surface area (Å²) < 4.78 is 0. The Morgan fingerprint density at radius 2 is 1.59 bits per heavy atom. The quantitative estimate of drug-likeness (QED) is 0.761. The molecule has 152 valence electrons. The summed E-state index contributed by atoms with van der Waals surface area (Å²) in [5, 5.41) is 5.88. The maximum Gasteiger partial charge on any atom is 0.241 e. The van der Waals surface area contributed by atoms with Crippen molar-refractivity contribution in [3.8, 4) is 0 Å². The van der Waals surface area contributed by atoms with Gasteiger partial charge in [0.15, 0.2) is 0 Å². The summed E-state index contributed by atoms with van der Waals surface area (Å²) in [7, 11) is 0. The second kappa shape index (κ2) is 10.4. The normalized spacial score (nSPS) is 14.7. The molecule has 0 aromatic heterocycles. The van der Waals surface area contributed by atoms with E-state index >= 15 is 0 Å². The summed E-state index contributed by atoms with van der Waals surface area (Å²) >= 11 is 0. The number of benzene rings is 2. The first-order chi connectivity index (χ1) is 14.1. The van der Waals surface area contributed by atoms with Gasteiger partial charge < -0.3 is 15.5 Å². The topological polar surface area (TPSA) is 64.7 Å². The molecule has 1 aliphatic rings. The van der Waals surface area contributed by atoms with Gasteiger partial charge >= 0.3 is 0 Å². The molecule has 29 heavy (non-hydrogen) atoms. The van der Waals surface area contributed by atoms with E-state index in [2.05, 4.69) is 39.8 Å². The van der Waals surface area contributed by atoms with E-state index in [-0.39, 0.29) is 18.4 Å². The van der Waals surface area contributed by atoms with Gasteiger partial charge in [-0.1, -0.05) is 42.5 Å². The Kier molecular flexibility index (Phi) is 7.41. The first-order valence-corrected chi connectivity index (χ1v) is 9.93. The van der Waals surface area contributed by atoms with Gasteiger partial charge in [0.05, 0.1) is 6.54 Å². The number of carbonyl (C=O) groups is 2. The number of nitrogens with one attached hydrogen (secondary N) is 2. The first-order valence-electron chi connectivity index (χ1n) is 9.93. The molecule has 3 rings (SSSR count). The zero-order valence-electron chi connectivity index (χ0n) is 16.8. The average molecular weight is 393 g/mol. The van der Waals surface area contributed by atoms with Crippen molar-refractivity contribution in [3.63, 3.8) is 0 Å². The van der Waals surface area contributed by atoms with E-state index in [4.69, 9.17) is 0 Å². The number of hydrogen-bond acceptors (Lipinski definition) is 4. The minimum atomic E-state index is -0.101. The molecule has 0 aliphatic carbocycles. The third-order valence-electron chi connectivity index (χ3n) is 4.85. The summed E-state index contributed by atoms with van der Waals surface area (Å²) in [5.41, 5.74) is 2.81.